The summed E-state index contributed by atoms with van der Waals surface area (Å²) in [7, 11) is 0. The van der Waals surface area contributed by atoms with Crippen LogP contribution in [0, 0.1) is 17.7 Å². The Morgan fingerprint density at radius 3 is 2.46 bits per heavy atom. The Morgan fingerprint density at radius 1 is 1.17 bits per heavy atom. The third-order valence-electron chi connectivity index (χ3n) is 4.93. The Hall–Kier alpha value is -1.58. The Kier molecular flexibility index (Phi) is 6.25. The summed E-state index contributed by atoms with van der Waals surface area (Å²) in [6, 6.07) is 11.9. The molecule has 0 aromatic heterocycles. The van der Waals surface area contributed by atoms with E-state index in [-0.39, 0.29) is 30.0 Å². The van der Waals surface area contributed by atoms with Crippen LogP contribution in [0.4, 0.5) is 4.39 Å². The van der Waals surface area contributed by atoms with Gasteiger partial charge in [0.25, 0.3) is 0 Å². The highest BCUT2D eigenvalue weighted by Gasteiger charge is 2.41. The maximum atomic E-state index is 14.5. The molecule has 0 unspecified atom stereocenters. The minimum Gasteiger partial charge on any atom is -0.508 e. The minimum atomic E-state index is -0.232. The largest absolute Gasteiger partial charge is 0.508 e. The zero-order chi connectivity index (χ0) is 16.4. The normalized spacial score (nSPS) is 20.3. The first-order chi connectivity index (χ1) is 11.1. The predicted octanol–water partition coefficient (Wildman–Crippen LogP) is 5.45. The van der Waals surface area contributed by atoms with Gasteiger partial charge in [-0.1, -0.05) is 50.5 Å². The second-order valence-corrected chi connectivity index (χ2v) is 6.61. The van der Waals surface area contributed by atoms with E-state index in [4.69, 9.17) is 5.73 Å². The molecule has 1 aliphatic rings. The number of phenols is 1. The van der Waals surface area contributed by atoms with E-state index in [2.05, 4.69) is 6.92 Å². The molecule has 0 radical (unpaired) electrons. The van der Waals surface area contributed by atoms with Crippen molar-refractivity contribution in [3.05, 3.63) is 53.8 Å². The maximum Gasteiger partial charge on any atom is 0.128 e. The average Bonchev–Trinajstić information content (AvgIpc) is 3.32. The van der Waals surface area contributed by atoms with Crippen molar-refractivity contribution in [3.8, 4) is 16.9 Å². The number of rotatable bonds is 6. The fourth-order valence-corrected chi connectivity index (χ4v) is 3.37. The highest BCUT2D eigenvalue weighted by atomic mass is 35.5. The molecule has 2 aromatic carbocycles. The van der Waals surface area contributed by atoms with Crippen LogP contribution >= 0.6 is 12.4 Å². The molecule has 130 valence electrons. The van der Waals surface area contributed by atoms with Crippen LogP contribution in [0.3, 0.4) is 0 Å². The summed E-state index contributed by atoms with van der Waals surface area (Å²) in [5, 5.41) is 9.34. The molecule has 3 atom stereocenters. The molecule has 0 heterocycles. The van der Waals surface area contributed by atoms with Crippen LogP contribution in [-0.2, 0) is 0 Å². The standard InChI is InChI=1S/C20H24FNO.ClH/c1-2-3-4-15-11-18(15)20(22)17-10-7-14(12-19(17)21)13-5-8-16(23)9-6-13;/h5-10,12,15,18,20,23H,2-4,11,22H2,1H3;1H/t15-,18-,20+;/m1./s1. The summed E-state index contributed by atoms with van der Waals surface area (Å²) in [5.74, 6) is 1.07. The highest BCUT2D eigenvalue weighted by Crippen LogP contribution is 2.49. The number of aromatic hydroxyl groups is 1. The van der Waals surface area contributed by atoms with Gasteiger partial charge in [-0.25, -0.2) is 4.39 Å². The zero-order valence-corrected chi connectivity index (χ0v) is 14.7. The van der Waals surface area contributed by atoms with E-state index >= 15 is 0 Å². The van der Waals surface area contributed by atoms with E-state index in [0.717, 1.165) is 17.5 Å². The molecule has 1 fully saturated rings. The first-order valence-electron chi connectivity index (χ1n) is 8.44. The van der Waals surface area contributed by atoms with E-state index in [0.29, 0.717) is 17.4 Å². The van der Waals surface area contributed by atoms with Crippen LogP contribution in [0.25, 0.3) is 11.1 Å². The molecular weight excluding hydrogens is 325 g/mol. The van der Waals surface area contributed by atoms with Gasteiger partial charge in [-0.2, -0.15) is 0 Å². The highest BCUT2D eigenvalue weighted by molar-refractivity contribution is 5.85. The monoisotopic (exact) mass is 349 g/mol. The SMILES string of the molecule is CCCC[C@@H]1C[C@H]1[C@@H](N)c1ccc(-c2ccc(O)cc2)cc1F.Cl. The van der Waals surface area contributed by atoms with E-state index < -0.39 is 0 Å². The van der Waals surface area contributed by atoms with Crippen LogP contribution in [-0.4, -0.2) is 5.11 Å². The number of hydrogen-bond donors (Lipinski definition) is 2. The quantitative estimate of drug-likeness (QED) is 0.728. The van der Waals surface area contributed by atoms with Gasteiger partial charge in [0.2, 0.25) is 0 Å². The van der Waals surface area contributed by atoms with Crippen molar-refractivity contribution in [1.29, 1.82) is 0 Å². The zero-order valence-electron chi connectivity index (χ0n) is 13.9. The Labute approximate surface area is 149 Å². The summed E-state index contributed by atoms with van der Waals surface area (Å²) in [4.78, 5) is 0. The summed E-state index contributed by atoms with van der Waals surface area (Å²) in [6.07, 6.45) is 4.77. The molecule has 0 bridgehead atoms. The van der Waals surface area contributed by atoms with Gasteiger partial charge in [-0.05, 0) is 47.6 Å². The number of unbranched alkanes of at least 4 members (excludes halogenated alkanes) is 1. The van der Waals surface area contributed by atoms with Crippen molar-refractivity contribution >= 4 is 12.4 Å². The van der Waals surface area contributed by atoms with Gasteiger partial charge < -0.3 is 10.8 Å². The summed E-state index contributed by atoms with van der Waals surface area (Å²) in [5.41, 5.74) is 8.61. The predicted molar refractivity (Wildman–Crippen MR) is 98.8 cm³/mol. The molecule has 0 aliphatic heterocycles. The molecule has 4 heteroatoms. The first-order valence-corrected chi connectivity index (χ1v) is 8.44. The van der Waals surface area contributed by atoms with E-state index in [1.807, 2.05) is 12.1 Å². The van der Waals surface area contributed by atoms with Crippen molar-refractivity contribution < 1.29 is 9.50 Å². The molecule has 2 nitrogen and oxygen atoms in total. The summed E-state index contributed by atoms with van der Waals surface area (Å²) < 4.78 is 14.5. The van der Waals surface area contributed by atoms with Crippen LogP contribution in [0.1, 0.15) is 44.2 Å². The van der Waals surface area contributed by atoms with Crippen molar-refractivity contribution in [3.63, 3.8) is 0 Å². The minimum absolute atomic E-state index is 0. The summed E-state index contributed by atoms with van der Waals surface area (Å²) in [6.45, 7) is 2.19. The van der Waals surface area contributed by atoms with Gasteiger partial charge in [-0.3, -0.25) is 0 Å². The Morgan fingerprint density at radius 2 is 1.83 bits per heavy atom. The number of benzene rings is 2. The topological polar surface area (TPSA) is 46.2 Å². The van der Waals surface area contributed by atoms with Crippen molar-refractivity contribution in [2.75, 3.05) is 0 Å². The summed E-state index contributed by atoms with van der Waals surface area (Å²) >= 11 is 0. The van der Waals surface area contributed by atoms with Gasteiger partial charge in [-0.15, -0.1) is 12.4 Å². The third kappa shape index (κ3) is 4.08. The molecule has 1 saturated carbocycles. The maximum absolute atomic E-state index is 14.5. The second kappa shape index (κ2) is 8.00. The van der Waals surface area contributed by atoms with Crippen LogP contribution in [0.5, 0.6) is 5.75 Å². The molecule has 0 saturated heterocycles. The van der Waals surface area contributed by atoms with Gasteiger partial charge in [0.1, 0.15) is 11.6 Å². The van der Waals surface area contributed by atoms with Gasteiger partial charge >= 0.3 is 0 Å². The first kappa shape index (κ1) is 18.8. The molecule has 0 amide bonds. The molecule has 3 N–H and O–H groups in total. The van der Waals surface area contributed by atoms with E-state index in [1.54, 1.807) is 30.3 Å². The fraction of sp³-hybridized carbons (Fsp3) is 0.400. The van der Waals surface area contributed by atoms with Crippen molar-refractivity contribution in [1.82, 2.24) is 0 Å². The Balaban J connectivity index is 0.00000208. The van der Waals surface area contributed by atoms with Crippen molar-refractivity contribution in [2.45, 2.75) is 38.6 Å². The van der Waals surface area contributed by atoms with Gasteiger partial charge in [0.05, 0.1) is 0 Å². The van der Waals surface area contributed by atoms with Crippen LogP contribution < -0.4 is 5.73 Å². The molecular formula is C20H25ClFNO. The lowest BCUT2D eigenvalue weighted by molar-refractivity contribution is 0.475. The van der Waals surface area contributed by atoms with Crippen LogP contribution in [0.15, 0.2) is 42.5 Å². The van der Waals surface area contributed by atoms with E-state index in [1.165, 1.54) is 19.3 Å². The van der Waals surface area contributed by atoms with E-state index in [9.17, 15) is 9.50 Å². The van der Waals surface area contributed by atoms with Crippen molar-refractivity contribution in [2.24, 2.45) is 17.6 Å². The number of nitrogens with two attached hydrogens (primary N) is 1. The molecule has 24 heavy (non-hydrogen) atoms. The molecule has 2 aromatic rings. The smallest absolute Gasteiger partial charge is 0.128 e. The third-order valence-corrected chi connectivity index (χ3v) is 4.93. The van der Waals surface area contributed by atoms with Gasteiger partial charge in [0.15, 0.2) is 0 Å². The lowest BCUT2D eigenvalue weighted by Gasteiger charge is -2.14. The lowest BCUT2D eigenvalue weighted by Crippen LogP contribution is -2.15. The lowest BCUT2D eigenvalue weighted by atomic mass is 9.96. The number of hydrogen-bond acceptors (Lipinski definition) is 2. The molecule has 3 rings (SSSR count). The Bertz CT molecular complexity index is 674. The number of phenolic OH excluding ortho intramolecular Hbond substituents is 1. The second-order valence-electron chi connectivity index (χ2n) is 6.61. The molecule has 0 spiro atoms. The van der Waals surface area contributed by atoms with Gasteiger partial charge in [0, 0.05) is 11.6 Å². The molecule has 1 aliphatic carbocycles. The fourth-order valence-electron chi connectivity index (χ4n) is 3.37. The number of halogens is 2. The van der Waals surface area contributed by atoms with Crippen LogP contribution in [0.2, 0.25) is 0 Å². The average molecular weight is 350 g/mol.